The molecule has 26 heavy (non-hydrogen) atoms. The number of rotatable bonds is 9. The first-order valence-electron chi connectivity index (χ1n) is 8.65. The lowest BCUT2D eigenvalue weighted by Gasteiger charge is -2.24. The second kappa shape index (κ2) is 8.29. The van der Waals surface area contributed by atoms with Crippen LogP contribution in [0.3, 0.4) is 0 Å². The van der Waals surface area contributed by atoms with Gasteiger partial charge in [-0.05, 0) is 24.1 Å². The van der Waals surface area contributed by atoms with E-state index in [0.29, 0.717) is 17.9 Å². The van der Waals surface area contributed by atoms with Crippen molar-refractivity contribution in [3.05, 3.63) is 80.7 Å². The first-order chi connectivity index (χ1) is 12.7. The Kier molecular flexibility index (Phi) is 5.63. The lowest BCUT2D eigenvalue weighted by molar-refractivity contribution is 0.737. The van der Waals surface area contributed by atoms with Gasteiger partial charge in [-0.25, -0.2) is 4.98 Å². The minimum absolute atomic E-state index is 0.376. The van der Waals surface area contributed by atoms with Crippen LogP contribution in [0.5, 0.6) is 0 Å². The zero-order valence-corrected chi connectivity index (χ0v) is 14.7. The normalized spacial score (nSPS) is 10.7. The van der Waals surface area contributed by atoms with Crippen LogP contribution in [0.4, 0.5) is 17.2 Å². The van der Waals surface area contributed by atoms with Gasteiger partial charge in [-0.15, -0.1) is 0 Å². The first-order valence-corrected chi connectivity index (χ1v) is 8.65. The highest BCUT2D eigenvalue weighted by Gasteiger charge is 2.18. The highest BCUT2D eigenvalue weighted by molar-refractivity contribution is 5.73. The molecule has 2 aromatic carbocycles. The Labute approximate surface area is 152 Å². The van der Waals surface area contributed by atoms with Gasteiger partial charge >= 0.3 is 0 Å². The summed E-state index contributed by atoms with van der Waals surface area (Å²) in [7, 11) is 1.64. The van der Waals surface area contributed by atoms with E-state index < -0.39 is 10.9 Å². The minimum atomic E-state index is -0.450. The van der Waals surface area contributed by atoms with E-state index >= 15 is 0 Å². The third-order valence-corrected chi connectivity index (χ3v) is 4.26. The third-order valence-electron chi connectivity index (χ3n) is 4.26. The molecule has 0 unspecified atom stereocenters. The van der Waals surface area contributed by atoms with Crippen LogP contribution in [0.15, 0.2) is 64.3 Å². The van der Waals surface area contributed by atoms with Crippen molar-refractivity contribution in [3.63, 3.8) is 0 Å². The fourth-order valence-electron chi connectivity index (χ4n) is 2.90. The fourth-order valence-corrected chi connectivity index (χ4v) is 2.90. The molecule has 0 fully saturated rings. The molecule has 0 bridgehead atoms. The second-order valence-electron chi connectivity index (χ2n) is 6.03. The summed E-state index contributed by atoms with van der Waals surface area (Å²) in [5, 5.41) is 5.84. The summed E-state index contributed by atoms with van der Waals surface area (Å²) in [5.41, 5.74) is 1.09. The molecule has 0 aliphatic heterocycles. The van der Waals surface area contributed by atoms with Crippen LogP contribution in [-0.2, 0) is 6.54 Å². The van der Waals surface area contributed by atoms with Crippen LogP contribution in [0.2, 0.25) is 0 Å². The number of pyridine rings is 1. The SMILES string of the molecule is CNc1c(NCCCN(Cc2ccccc2)c2ccccn2)c(=O)c1=O. The Morgan fingerprint density at radius 2 is 1.69 bits per heavy atom. The molecule has 0 saturated carbocycles. The average Bonchev–Trinajstić information content (AvgIpc) is 2.70. The van der Waals surface area contributed by atoms with Gasteiger partial charge in [0.05, 0.1) is 0 Å². The molecule has 6 heteroatoms. The van der Waals surface area contributed by atoms with Crippen molar-refractivity contribution in [2.75, 3.05) is 35.7 Å². The molecule has 0 amide bonds. The molecule has 0 aliphatic rings. The molecule has 0 spiro atoms. The van der Waals surface area contributed by atoms with Gasteiger partial charge in [0.1, 0.15) is 17.2 Å². The molecule has 3 rings (SSSR count). The van der Waals surface area contributed by atoms with E-state index in [2.05, 4.69) is 32.7 Å². The lowest BCUT2D eigenvalue weighted by atomic mass is 10.2. The summed E-state index contributed by atoms with van der Waals surface area (Å²) < 4.78 is 0. The molecule has 1 heterocycles. The molecule has 0 aliphatic carbocycles. The van der Waals surface area contributed by atoms with Gasteiger partial charge in [-0.2, -0.15) is 0 Å². The smallest absolute Gasteiger partial charge is 0.253 e. The average molecular weight is 350 g/mol. The van der Waals surface area contributed by atoms with Crippen LogP contribution < -0.4 is 26.4 Å². The van der Waals surface area contributed by atoms with Crippen LogP contribution in [0, 0.1) is 0 Å². The molecular formula is C20H22N4O2. The van der Waals surface area contributed by atoms with Crippen molar-refractivity contribution in [1.29, 1.82) is 0 Å². The number of hydrogen-bond donors (Lipinski definition) is 2. The van der Waals surface area contributed by atoms with E-state index in [9.17, 15) is 9.59 Å². The topological polar surface area (TPSA) is 74.3 Å². The standard InChI is InChI=1S/C20H22N4O2/c1-21-17-18(20(26)19(17)25)23-12-7-13-24(16-10-5-6-11-22-16)14-15-8-3-2-4-9-15/h2-6,8-11,21,23H,7,12-14H2,1H3. The molecule has 3 aromatic rings. The van der Waals surface area contributed by atoms with Gasteiger partial charge in [0.2, 0.25) is 0 Å². The number of anilines is 3. The van der Waals surface area contributed by atoms with Gasteiger partial charge in [-0.3, -0.25) is 9.59 Å². The Hall–Kier alpha value is -3.15. The molecular weight excluding hydrogens is 328 g/mol. The zero-order valence-electron chi connectivity index (χ0n) is 14.7. The Morgan fingerprint density at radius 1 is 0.962 bits per heavy atom. The highest BCUT2D eigenvalue weighted by Crippen LogP contribution is 2.16. The van der Waals surface area contributed by atoms with E-state index in [4.69, 9.17) is 0 Å². The summed E-state index contributed by atoms with van der Waals surface area (Å²) in [5.74, 6) is 0.918. The van der Waals surface area contributed by atoms with Gasteiger partial charge < -0.3 is 15.5 Å². The predicted octanol–water partition coefficient (Wildman–Crippen LogP) is 2.23. The Morgan fingerprint density at radius 3 is 2.38 bits per heavy atom. The predicted molar refractivity (Wildman–Crippen MR) is 106 cm³/mol. The number of nitrogens with zero attached hydrogens (tertiary/aromatic N) is 2. The molecule has 134 valence electrons. The van der Waals surface area contributed by atoms with E-state index in [1.54, 1.807) is 13.2 Å². The number of nitrogens with one attached hydrogen (secondary N) is 2. The maximum atomic E-state index is 11.6. The molecule has 0 atom stereocenters. The fraction of sp³-hybridized carbons (Fsp3) is 0.250. The second-order valence-corrected chi connectivity index (χ2v) is 6.03. The number of benzene rings is 1. The third kappa shape index (κ3) is 3.91. The quantitative estimate of drug-likeness (QED) is 0.455. The van der Waals surface area contributed by atoms with Crippen LogP contribution in [-0.4, -0.2) is 25.1 Å². The van der Waals surface area contributed by atoms with Crippen molar-refractivity contribution in [2.45, 2.75) is 13.0 Å². The van der Waals surface area contributed by atoms with Crippen molar-refractivity contribution in [3.8, 4) is 0 Å². The van der Waals surface area contributed by atoms with Crippen molar-refractivity contribution in [2.24, 2.45) is 0 Å². The van der Waals surface area contributed by atoms with Crippen LogP contribution in [0.25, 0.3) is 0 Å². The number of aromatic nitrogens is 1. The monoisotopic (exact) mass is 350 g/mol. The molecule has 1 aromatic heterocycles. The van der Waals surface area contributed by atoms with Crippen molar-refractivity contribution in [1.82, 2.24) is 4.98 Å². The van der Waals surface area contributed by atoms with E-state index in [1.807, 2.05) is 36.4 Å². The summed E-state index contributed by atoms with van der Waals surface area (Å²) >= 11 is 0. The molecule has 6 nitrogen and oxygen atoms in total. The van der Waals surface area contributed by atoms with Crippen LogP contribution in [0.1, 0.15) is 12.0 Å². The summed E-state index contributed by atoms with van der Waals surface area (Å²) in [6.45, 7) is 2.15. The summed E-state index contributed by atoms with van der Waals surface area (Å²) in [4.78, 5) is 29.7. The van der Waals surface area contributed by atoms with E-state index in [-0.39, 0.29) is 0 Å². The van der Waals surface area contributed by atoms with Crippen molar-refractivity contribution < 1.29 is 0 Å². The van der Waals surface area contributed by atoms with E-state index in [1.165, 1.54) is 5.56 Å². The largest absolute Gasteiger partial charge is 0.383 e. The first kappa shape index (κ1) is 17.7. The van der Waals surface area contributed by atoms with Gasteiger partial charge in [0.25, 0.3) is 10.9 Å². The maximum Gasteiger partial charge on any atom is 0.253 e. The molecule has 2 N–H and O–H groups in total. The highest BCUT2D eigenvalue weighted by atomic mass is 16.2. The summed E-state index contributed by atoms with van der Waals surface area (Å²) in [6.07, 6.45) is 2.60. The zero-order chi connectivity index (χ0) is 18.4. The van der Waals surface area contributed by atoms with E-state index in [0.717, 1.165) is 25.3 Å². The van der Waals surface area contributed by atoms with Gasteiger partial charge in [-0.1, -0.05) is 36.4 Å². The minimum Gasteiger partial charge on any atom is -0.383 e. The van der Waals surface area contributed by atoms with Gasteiger partial charge in [0.15, 0.2) is 0 Å². The molecule has 0 radical (unpaired) electrons. The Balaban J connectivity index is 1.60. The lowest BCUT2D eigenvalue weighted by Crippen LogP contribution is -2.37. The summed E-state index contributed by atoms with van der Waals surface area (Å²) in [6, 6.07) is 16.1. The van der Waals surface area contributed by atoms with Crippen LogP contribution >= 0.6 is 0 Å². The van der Waals surface area contributed by atoms with Gasteiger partial charge in [0, 0.05) is 32.9 Å². The maximum absolute atomic E-state index is 11.6. The number of hydrogen-bond acceptors (Lipinski definition) is 6. The Bertz CT molecular complexity index is 903. The van der Waals surface area contributed by atoms with Crippen molar-refractivity contribution >= 4 is 17.2 Å². The molecule has 0 saturated heterocycles.